The predicted molar refractivity (Wildman–Crippen MR) is 103 cm³/mol. The highest BCUT2D eigenvalue weighted by Crippen LogP contribution is 2.26. The SMILES string of the molecule is Cc1cccc(S(=O)(=O)Nc2ccc(N3CCN(C)CC3)cc2C)c1.[Cl-]. The maximum atomic E-state index is 12.6. The van der Waals surface area contributed by atoms with Gasteiger partial charge in [-0.05, 0) is 62.4 Å². The number of hydrogen-bond acceptors (Lipinski definition) is 4. The number of nitrogens with one attached hydrogen (secondary N) is 1. The maximum absolute atomic E-state index is 12.6. The van der Waals surface area contributed by atoms with Crippen LogP contribution >= 0.6 is 0 Å². The third-order valence-corrected chi connectivity index (χ3v) is 5.99. The number of benzene rings is 2. The van der Waals surface area contributed by atoms with Crippen molar-refractivity contribution in [3.63, 3.8) is 0 Å². The molecule has 0 saturated carbocycles. The molecule has 0 unspecified atom stereocenters. The molecule has 0 radical (unpaired) electrons. The molecule has 1 N–H and O–H groups in total. The van der Waals surface area contributed by atoms with Crippen molar-refractivity contribution in [2.45, 2.75) is 18.7 Å². The minimum Gasteiger partial charge on any atom is -1.00 e. The van der Waals surface area contributed by atoms with E-state index in [4.69, 9.17) is 0 Å². The van der Waals surface area contributed by atoms with Crippen LogP contribution in [0.5, 0.6) is 0 Å². The predicted octanol–water partition coefficient (Wildman–Crippen LogP) is -0.140. The normalized spacial score (nSPS) is 15.4. The fourth-order valence-electron chi connectivity index (χ4n) is 3.01. The molecule has 5 nitrogen and oxygen atoms in total. The van der Waals surface area contributed by atoms with E-state index in [0.717, 1.165) is 43.0 Å². The first kappa shape index (κ1) is 20.6. The molecular weight excluding hydrogens is 370 g/mol. The number of halogens is 1. The third-order valence-electron chi connectivity index (χ3n) is 4.62. The van der Waals surface area contributed by atoms with Crippen molar-refractivity contribution in [2.75, 3.05) is 42.8 Å². The van der Waals surface area contributed by atoms with Gasteiger partial charge in [-0.1, -0.05) is 12.1 Å². The molecule has 0 aliphatic carbocycles. The minimum atomic E-state index is -3.57. The zero-order chi connectivity index (χ0) is 18.0. The molecule has 1 heterocycles. The highest BCUT2D eigenvalue weighted by Gasteiger charge is 2.18. The number of likely N-dealkylation sites (N-methyl/N-ethyl adjacent to an activating group) is 1. The van der Waals surface area contributed by atoms with Gasteiger partial charge in [0, 0.05) is 31.9 Å². The van der Waals surface area contributed by atoms with Gasteiger partial charge in [0.1, 0.15) is 0 Å². The zero-order valence-corrected chi connectivity index (χ0v) is 16.9. The van der Waals surface area contributed by atoms with Gasteiger partial charge in [-0.3, -0.25) is 4.72 Å². The van der Waals surface area contributed by atoms with Gasteiger partial charge in [0.25, 0.3) is 10.0 Å². The van der Waals surface area contributed by atoms with Crippen LogP contribution in [0, 0.1) is 13.8 Å². The number of hydrogen-bond donors (Lipinski definition) is 1. The average molecular weight is 395 g/mol. The van der Waals surface area contributed by atoms with Crippen LogP contribution in [0.4, 0.5) is 11.4 Å². The molecular formula is C19H25ClN3O2S-. The number of piperazine rings is 1. The van der Waals surface area contributed by atoms with Crippen LogP contribution < -0.4 is 22.0 Å². The van der Waals surface area contributed by atoms with E-state index in [1.54, 1.807) is 18.2 Å². The van der Waals surface area contributed by atoms with E-state index >= 15 is 0 Å². The van der Waals surface area contributed by atoms with E-state index in [9.17, 15) is 8.42 Å². The first-order valence-corrected chi connectivity index (χ1v) is 9.97. The summed E-state index contributed by atoms with van der Waals surface area (Å²) in [5.74, 6) is 0. The molecule has 1 aliphatic heterocycles. The van der Waals surface area contributed by atoms with E-state index in [-0.39, 0.29) is 17.3 Å². The van der Waals surface area contributed by atoms with Crippen molar-refractivity contribution in [3.8, 4) is 0 Å². The minimum absolute atomic E-state index is 0. The molecule has 0 spiro atoms. The second kappa shape index (κ2) is 8.29. The molecule has 2 aromatic rings. The summed E-state index contributed by atoms with van der Waals surface area (Å²) in [5, 5.41) is 0. The summed E-state index contributed by atoms with van der Waals surface area (Å²) in [7, 11) is -1.44. The first-order chi connectivity index (χ1) is 11.8. The summed E-state index contributed by atoms with van der Waals surface area (Å²) in [6.45, 7) is 7.89. The van der Waals surface area contributed by atoms with Gasteiger partial charge < -0.3 is 22.2 Å². The number of aryl methyl sites for hydroxylation is 2. The Labute approximate surface area is 162 Å². The summed E-state index contributed by atoms with van der Waals surface area (Å²) in [6, 6.07) is 12.8. The van der Waals surface area contributed by atoms with Crippen LogP contribution in [0.15, 0.2) is 47.4 Å². The lowest BCUT2D eigenvalue weighted by atomic mass is 10.1. The smallest absolute Gasteiger partial charge is 0.261 e. The van der Waals surface area contributed by atoms with E-state index in [1.807, 2.05) is 32.0 Å². The Morgan fingerprint density at radius 2 is 1.65 bits per heavy atom. The number of nitrogens with zero attached hydrogens (tertiary/aromatic N) is 2. The van der Waals surface area contributed by atoms with E-state index in [0.29, 0.717) is 5.69 Å². The first-order valence-electron chi connectivity index (χ1n) is 8.49. The molecule has 1 fully saturated rings. The summed E-state index contributed by atoms with van der Waals surface area (Å²) in [6.07, 6.45) is 0. The lowest BCUT2D eigenvalue weighted by molar-refractivity contribution is -0.00000759. The van der Waals surface area contributed by atoms with Crippen molar-refractivity contribution in [3.05, 3.63) is 53.6 Å². The number of rotatable bonds is 4. The largest absolute Gasteiger partial charge is 1.00 e. The topological polar surface area (TPSA) is 52.7 Å². The number of sulfonamides is 1. The summed E-state index contributed by atoms with van der Waals surface area (Å²) >= 11 is 0. The quantitative estimate of drug-likeness (QED) is 0.784. The Morgan fingerprint density at radius 1 is 0.962 bits per heavy atom. The lowest BCUT2D eigenvalue weighted by Gasteiger charge is -2.34. The van der Waals surface area contributed by atoms with Gasteiger partial charge in [-0.25, -0.2) is 8.42 Å². The average Bonchev–Trinajstić information content (AvgIpc) is 2.57. The second-order valence-corrected chi connectivity index (χ2v) is 8.39. The molecule has 0 bridgehead atoms. The van der Waals surface area contributed by atoms with E-state index in [1.165, 1.54) is 0 Å². The van der Waals surface area contributed by atoms with Crippen LogP contribution in [-0.4, -0.2) is 46.5 Å². The van der Waals surface area contributed by atoms with Gasteiger partial charge in [0.2, 0.25) is 0 Å². The Bertz CT molecular complexity index is 863. The van der Waals surface area contributed by atoms with E-state index in [2.05, 4.69) is 27.6 Å². The fourth-order valence-corrected chi connectivity index (χ4v) is 4.25. The summed E-state index contributed by atoms with van der Waals surface area (Å²) in [5.41, 5.74) is 3.61. The Kier molecular flexibility index (Phi) is 6.55. The van der Waals surface area contributed by atoms with Crippen molar-refractivity contribution in [1.82, 2.24) is 4.90 Å². The van der Waals surface area contributed by atoms with Crippen LogP contribution in [0.25, 0.3) is 0 Å². The van der Waals surface area contributed by atoms with Gasteiger partial charge in [-0.15, -0.1) is 0 Å². The van der Waals surface area contributed by atoms with Gasteiger partial charge >= 0.3 is 0 Å². The standard InChI is InChI=1S/C19H25N3O2S.ClH/c1-15-5-4-6-18(13-15)25(23,24)20-19-8-7-17(14-16(19)2)22-11-9-21(3)10-12-22;/h4-8,13-14,20H,9-12H2,1-3H3;1H/p-1. The molecule has 142 valence electrons. The van der Waals surface area contributed by atoms with E-state index < -0.39 is 10.0 Å². The van der Waals surface area contributed by atoms with Gasteiger partial charge in [0.05, 0.1) is 10.6 Å². The molecule has 1 aliphatic rings. The monoisotopic (exact) mass is 394 g/mol. The molecule has 0 atom stereocenters. The highest BCUT2D eigenvalue weighted by molar-refractivity contribution is 7.92. The fraction of sp³-hybridized carbons (Fsp3) is 0.368. The van der Waals surface area contributed by atoms with Gasteiger partial charge in [-0.2, -0.15) is 0 Å². The van der Waals surface area contributed by atoms with Crippen LogP contribution in [0.1, 0.15) is 11.1 Å². The van der Waals surface area contributed by atoms with Crippen LogP contribution in [0.2, 0.25) is 0 Å². The third kappa shape index (κ3) is 4.69. The molecule has 1 saturated heterocycles. The molecule has 0 aromatic heterocycles. The highest BCUT2D eigenvalue weighted by atomic mass is 35.5. The number of anilines is 2. The van der Waals surface area contributed by atoms with Gasteiger partial charge in [0.15, 0.2) is 0 Å². The summed E-state index contributed by atoms with van der Waals surface area (Å²) < 4.78 is 27.9. The molecule has 7 heteroatoms. The molecule has 26 heavy (non-hydrogen) atoms. The van der Waals surface area contributed by atoms with Crippen molar-refractivity contribution in [1.29, 1.82) is 0 Å². The van der Waals surface area contributed by atoms with Crippen LogP contribution in [0.3, 0.4) is 0 Å². The molecule has 3 rings (SSSR count). The summed E-state index contributed by atoms with van der Waals surface area (Å²) in [4.78, 5) is 4.94. The Balaban J connectivity index is 0.00000243. The zero-order valence-electron chi connectivity index (χ0n) is 15.4. The second-order valence-electron chi connectivity index (χ2n) is 6.71. The maximum Gasteiger partial charge on any atom is 0.261 e. The lowest BCUT2D eigenvalue weighted by Crippen LogP contribution is -3.00. The Hall–Kier alpha value is -1.76. The van der Waals surface area contributed by atoms with Crippen LogP contribution in [-0.2, 0) is 10.0 Å². The van der Waals surface area contributed by atoms with Crippen molar-refractivity contribution < 1.29 is 20.8 Å². The Morgan fingerprint density at radius 3 is 2.27 bits per heavy atom. The van der Waals surface area contributed by atoms with Crippen molar-refractivity contribution in [2.24, 2.45) is 0 Å². The molecule has 0 amide bonds. The molecule has 2 aromatic carbocycles. The van der Waals surface area contributed by atoms with Crippen molar-refractivity contribution >= 4 is 21.4 Å².